The maximum atomic E-state index is 12.3. The SMILES string of the molecule is CC(C)NC(=O)c1ccc(-c2c3cc(Cl)c(=O)cc-3oc3cc(O)c(Cl)cc23)cc1. The van der Waals surface area contributed by atoms with E-state index in [1.807, 2.05) is 26.0 Å². The third kappa shape index (κ3) is 3.62. The van der Waals surface area contributed by atoms with Crippen LogP contribution in [0.25, 0.3) is 33.4 Å². The summed E-state index contributed by atoms with van der Waals surface area (Å²) in [6, 6.07) is 13.0. The fourth-order valence-electron chi connectivity index (χ4n) is 3.35. The lowest BCUT2D eigenvalue weighted by Gasteiger charge is -2.16. The van der Waals surface area contributed by atoms with Crippen molar-refractivity contribution in [3.8, 4) is 28.2 Å². The van der Waals surface area contributed by atoms with E-state index < -0.39 is 0 Å². The highest BCUT2D eigenvalue weighted by atomic mass is 35.5. The molecule has 152 valence electrons. The molecule has 30 heavy (non-hydrogen) atoms. The van der Waals surface area contributed by atoms with Gasteiger partial charge in [0.1, 0.15) is 17.1 Å². The van der Waals surface area contributed by atoms with Gasteiger partial charge in [-0.2, -0.15) is 0 Å². The van der Waals surface area contributed by atoms with Crippen molar-refractivity contribution in [3.63, 3.8) is 0 Å². The Kier molecular flexibility index (Phi) is 5.18. The Hall–Kier alpha value is -3.02. The number of carbonyl (C=O) groups is 1. The standard InChI is InChI=1S/C23H17Cl2NO4/c1-11(2)26-23(29)13-5-3-12(4-6-13)22-14-7-16(24)18(27)9-20(14)30-21-10-19(28)17(25)8-15(21)22/h3-11,27H,1-2H3,(H,26,29). The van der Waals surface area contributed by atoms with Crippen molar-refractivity contribution in [3.05, 3.63) is 74.4 Å². The lowest BCUT2D eigenvalue weighted by atomic mass is 9.93. The zero-order chi connectivity index (χ0) is 21.6. The van der Waals surface area contributed by atoms with E-state index in [0.717, 1.165) is 11.1 Å². The first kappa shape index (κ1) is 20.3. The summed E-state index contributed by atoms with van der Waals surface area (Å²) in [5.74, 6) is 0.0341. The van der Waals surface area contributed by atoms with Crippen LogP contribution >= 0.6 is 23.2 Å². The molecule has 1 aliphatic heterocycles. The average molecular weight is 442 g/mol. The molecule has 1 heterocycles. The normalized spacial score (nSPS) is 11.4. The van der Waals surface area contributed by atoms with Crippen molar-refractivity contribution >= 4 is 40.1 Å². The molecule has 2 aromatic carbocycles. The summed E-state index contributed by atoms with van der Waals surface area (Å²) in [5, 5.41) is 13.7. The number of hydrogen-bond acceptors (Lipinski definition) is 4. The molecule has 0 spiro atoms. The van der Waals surface area contributed by atoms with Crippen LogP contribution in [0.1, 0.15) is 24.2 Å². The van der Waals surface area contributed by atoms with Gasteiger partial charge in [0.2, 0.25) is 5.43 Å². The molecule has 1 aliphatic carbocycles. The number of phenols is 1. The first-order valence-corrected chi connectivity index (χ1v) is 10.00. The fourth-order valence-corrected chi connectivity index (χ4v) is 3.67. The van der Waals surface area contributed by atoms with Crippen LogP contribution in [0.4, 0.5) is 0 Å². The van der Waals surface area contributed by atoms with Gasteiger partial charge in [-0.15, -0.1) is 0 Å². The maximum Gasteiger partial charge on any atom is 0.251 e. The number of halogens is 2. The number of phenolic OH excluding ortho intramolecular Hbond substituents is 1. The van der Waals surface area contributed by atoms with E-state index >= 15 is 0 Å². The highest BCUT2D eigenvalue weighted by Crippen LogP contribution is 2.43. The van der Waals surface area contributed by atoms with Gasteiger partial charge in [0.25, 0.3) is 5.91 Å². The molecule has 2 aromatic rings. The molecule has 0 bridgehead atoms. The first-order valence-electron chi connectivity index (χ1n) is 9.24. The number of nitrogens with one attached hydrogen (secondary N) is 1. The highest BCUT2D eigenvalue weighted by molar-refractivity contribution is 6.33. The minimum absolute atomic E-state index is 0.0269. The van der Waals surface area contributed by atoms with Crippen LogP contribution in [0.2, 0.25) is 10.0 Å². The van der Waals surface area contributed by atoms with Crippen LogP contribution in [0, 0.1) is 0 Å². The summed E-state index contributed by atoms with van der Waals surface area (Å²) >= 11 is 12.2. The molecule has 0 atom stereocenters. The summed E-state index contributed by atoms with van der Waals surface area (Å²) in [6.45, 7) is 3.79. The quantitative estimate of drug-likeness (QED) is 0.398. The Morgan fingerprint density at radius 3 is 2.40 bits per heavy atom. The van der Waals surface area contributed by atoms with Crippen molar-refractivity contribution in [1.82, 2.24) is 5.32 Å². The molecule has 0 fully saturated rings. The van der Waals surface area contributed by atoms with Gasteiger partial charge < -0.3 is 14.8 Å². The zero-order valence-corrected chi connectivity index (χ0v) is 17.6. The van der Waals surface area contributed by atoms with Gasteiger partial charge in [-0.25, -0.2) is 0 Å². The molecule has 2 N–H and O–H groups in total. The third-order valence-electron chi connectivity index (χ3n) is 4.70. The molecule has 0 aromatic heterocycles. The monoisotopic (exact) mass is 441 g/mol. The second-order valence-electron chi connectivity index (χ2n) is 7.26. The number of fused-ring (bicyclic) bond motifs is 2. The molecule has 0 radical (unpaired) electrons. The van der Waals surface area contributed by atoms with E-state index in [2.05, 4.69) is 5.32 Å². The van der Waals surface area contributed by atoms with Crippen molar-refractivity contribution in [2.45, 2.75) is 19.9 Å². The summed E-state index contributed by atoms with van der Waals surface area (Å²) in [4.78, 5) is 24.3. The molecular formula is C23H17Cl2NO4. The maximum absolute atomic E-state index is 12.3. The Bertz CT molecular complexity index is 1310. The minimum Gasteiger partial charge on any atom is -0.506 e. The molecule has 0 saturated carbocycles. The predicted octanol–water partition coefficient (Wildman–Crippen LogP) is 5.72. The number of benzene rings is 3. The summed E-state index contributed by atoms with van der Waals surface area (Å²) in [5.41, 5.74) is 2.65. The van der Waals surface area contributed by atoms with Crippen LogP contribution < -0.4 is 10.7 Å². The molecule has 7 heteroatoms. The first-order chi connectivity index (χ1) is 14.2. The van der Waals surface area contributed by atoms with Gasteiger partial charge in [-0.05, 0) is 43.7 Å². The Balaban J connectivity index is 1.98. The molecule has 5 nitrogen and oxygen atoms in total. The Morgan fingerprint density at radius 2 is 1.73 bits per heavy atom. The molecule has 2 aliphatic rings. The van der Waals surface area contributed by atoms with Gasteiger partial charge in [-0.1, -0.05) is 35.3 Å². The molecule has 4 rings (SSSR count). The largest absolute Gasteiger partial charge is 0.506 e. The predicted molar refractivity (Wildman–Crippen MR) is 119 cm³/mol. The van der Waals surface area contributed by atoms with E-state index in [-0.39, 0.29) is 33.2 Å². The number of carbonyl (C=O) groups excluding carboxylic acids is 1. The van der Waals surface area contributed by atoms with E-state index in [0.29, 0.717) is 27.9 Å². The molecular weight excluding hydrogens is 425 g/mol. The van der Waals surface area contributed by atoms with Crippen LogP contribution in [0.5, 0.6) is 5.75 Å². The molecule has 1 amide bonds. The van der Waals surface area contributed by atoms with E-state index in [9.17, 15) is 14.7 Å². The smallest absolute Gasteiger partial charge is 0.251 e. The number of hydrogen-bond donors (Lipinski definition) is 2. The second-order valence-corrected chi connectivity index (χ2v) is 8.08. The summed E-state index contributed by atoms with van der Waals surface area (Å²) in [6.07, 6.45) is 0. The minimum atomic E-state index is -0.364. The lowest BCUT2D eigenvalue weighted by Crippen LogP contribution is -2.29. The van der Waals surface area contributed by atoms with Crippen LogP contribution in [-0.4, -0.2) is 17.1 Å². The topological polar surface area (TPSA) is 79.5 Å². The average Bonchev–Trinajstić information content (AvgIpc) is 2.68. The van der Waals surface area contributed by atoms with Crippen LogP contribution in [0.15, 0.2) is 57.7 Å². The Morgan fingerprint density at radius 1 is 1.03 bits per heavy atom. The zero-order valence-electron chi connectivity index (χ0n) is 16.1. The van der Waals surface area contributed by atoms with E-state index in [1.165, 1.54) is 12.1 Å². The van der Waals surface area contributed by atoms with Crippen LogP contribution in [-0.2, 0) is 0 Å². The number of amides is 1. The van der Waals surface area contributed by atoms with Crippen molar-refractivity contribution in [2.75, 3.05) is 0 Å². The van der Waals surface area contributed by atoms with Gasteiger partial charge in [-0.3, -0.25) is 9.59 Å². The lowest BCUT2D eigenvalue weighted by molar-refractivity contribution is 0.0943. The van der Waals surface area contributed by atoms with Crippen molar-refractivity contribution in [1.29, 1.82) is 0 Å². The fraction of sp³-hybridized carbons (Fsp3) is 0.130. The van der Waals surface area contributed by atoms with Gasteiger partial charge in [0.15, 0.2) is 0 Å². The van der Waals surface area contributed by atoms with Gasteiger partial charge in [0.05, 0.1) is 10.0 Å². The highest BCUT2D eigenvalue weighted by Gasteiger charge is 2.20. The van der Waals surface area contributed by atoms with Crippen LogP contribution in [0.3, 0.4) is 0 Å². The van der Waals surface area contributed by atoms with Gasteiger partial charge in [0, 0.05) is 40.3 Å². The van der Waals surface area contributed by atoms with Crippen molar-refractivity contribution < 1.29 is 14.3 Å². The van der Waals surface area contributed by atoms with E-state index in [4.69, 9.17) is 27.6 Å². The molecule has 0 unspecified atom stereocenters. The number of aromatic hydroxyl groups is 1. The summed E-state index contributed by atoms with van der Waals surface area (Å²) < 4.78 is 5.84. The Labute approximate surface area is 182 Å². The third-order valence-corrected chi connectivity index (χ3v) is 5.30. The second kappa shape index (κ2) is 7.67. The van der Waals surface area contributed by atoms with Gasteiger partial charge >= 0.3 is 0 Å². The van der Waals surface area contributed by atoms with Crippen molar-refractivity contribution in [2.24, 2.45) is 0 Å². The number of rotatable bonds is 3. The van der Waals surface area contributed by atoms with E-state index in [1.54, 1.807) is 24.3 Å². The summed E-state index contributed by atoms with van der Waals surface area (Å²) in [7, 11) is 0. The molecule has 0 saturated heterocycles.